The van der Waals surface area contributed by atoms with Crippen LogP contribution in [0.1, 0.15) is 19.3 Å². The van der Waals surface area contributed by atoms with E-state index in [0.717, 1.165) is 29.9 Å². The highest BCUT2D eigenvalue weighted by Crippen LogP contribution is 2.28. The van der Waals surface area contributed by atoms with E-state index in [1.165, 1.54) is 25.8 Å². The second kappa shape index (κ2) is 5.60. The summed E-state index contributed by atoms with van der Waals surface area (Å²) in [6.07, 6.45) is 5.73. The standard InChI is InChI=1S/C12H19BrN6/c13-10-7-15-12(17-14)16-11(10)19-6-5-18-4-2-1-3-9(18)8-19/h7,9H,1-6,8,14H2,(H,15,16,17). The predicted molar refractivity (Wildman–Crippen MR) is 79.0 cm³/mol. The Morgan fingerprint density at radius 3 is 3.05 bits per heavy atom. The number of hydrogen-bond donors (Lipinski definition) is 2. The highest BCUT2D eigenvalue weighted by Gasteiger charge is 2.30. The Balaban J connectivity index is 1.79. The molecule has 0 amide bonds. The topological polar surface area (TPSA) is 70.3 Å². The van der Waals surface area contributed by atoms with Gasteiger partial charge in [-0.1, -0.05) is 6.42 Å². The molecule has 6 nitrogen and oxygen atoms in total. The van der Waals surface area contributed by atoms with Gasteiger partial charge in [0.1, 0.15) is 5.82 Å². The molecule has 7 heteroatoms. The van der Waals surface area contributed by atoms with E-state index in [9.17, 15) is 0 Å². The summed E-state index contributed by atoms with van der Waals surface area (Å²) < 4.78 is 0.927. The fourth-order valence-corrected chi connectivity index (χ4v) is 3.44. The number of anilines is 2. The van der Waals surface area contributed by atoms with Gasteiger partial charge in [0.15, 0.2) is 0 Å². The van der Waals surface area contributed by atoms with Crippen LogP contribution in [-0.2, 0) is 0 Å². The first-order valence-electron chi connectivity index (χ1n) is 6.76. The van der Waals surface area contributed by atoms with Crippen molar-refractivity contribution in [2.75, 3.05) is 36.5 Å². The minimum absolute atomic E-state index is 0.462. The van der Waals surface area contributed by atoms with E-state index in [-0.39, 0.29) is 0 Å². The molecule has 0 aromatic carbocycles. The quantitative estimate of drug-likeness (QED) is 0.628. The number of fused-ring (bicyclic) bond motifs is 1. The molecule has 2 aliphatic rings. The van der Waals surface area contributed by atoms with Crippen molar-refractivity contribution in [2.45, 2.75) is 25.3 Å². The van der Waals surface area contributed by atoms with Crippen LogP contribution in [0.25, 0.3) is 0 Å². The van der Waals surface area contributed by atoms with Gasteiger partial charge in [-0.2, -0.15) is 4.98 Å². The first-order valence-corrected chi connectivity index (χ1v) is 7.55. The van der Waals surface area contributed by atoms with Gasteiger partial charge in [0, 0.05) is 31.9 Å². The zero-order chi connectivity index (χ0) is 13.2. The number of nitrogen functional groups attached to an aromatic ring is 1. The van der Waals surface area contributed by atoms with Crippen molar-refractivity contribution in [2.24, 2.45) is 5.84 Å². The monoisotopic (exact) mass is 326 g/mol. The number of piperazine rings is 1. The molecule has 0 spiro atoms. The Bertz CT molecular complexity index is 454. The summed E-state index contributed by atoms with van der Waals surface area (Å²) in [5.74, 6) is 6.79. The zero-order valence-corrected chi connectivity index (χ0v) is 12.4. The maximum Gasteiger partial charge on any atom is 0.239 e. The minimum Gasteiger partial charge on any atom is -0.353 e. The average molecular weight is 327 g/mol. The number of nitrogens with zero attached hydrogens (tertiary/aromatic N) is 4. The first kappa shape index (κ1) is 13.1. The van der Waals surface area contributed by atoms with Gasteiger partial charge in [-0.3, -0.25) is 10.3 Å². The summed E-state index contributed by atoms with van der Waals surface area (Å²) in [4.78, 5) is 13.5. The molecule has 2 aliphatic heterocycles. The SMILES string of the molecule is NNc1ncc(Br)c(N2CCN3CCCCC3C2)n1. The molecular weight excluding hydrogens is 308 g/mol. The van der Waals surface area contributed by atoms with Crippen molar-refractivity contribution >= 4 is 27.7 Å². The molecule has 0 aliphatic carbocycles. The highest BCUT2D eigenvalue weighted by atomic mass is 79.9. The maximum atomic E-state index is 5.39. The van der Waals surface area contributed by atoms with Crippen molar-refractivity contribution < 1.29 is 0 Å². The molecule has 0 saturated carbocycles. The molecule has 3 N–H and O–H groups in total. The van der Waals surface area contributed by atoms with Crippen LogP contribution in [0.2, 0.25) is 0 Å². The molecule has 1 unspecified atom stereocenters. The van der Waals surface area contributed by atoms with Crippen LogP contribution in [0.15, 0.2) is 10.7 Å². The average Bonchev–Trinajstić information content (AvgIpc) is 2.47. The molecule has 1 atom stereocenters. The van der Waals surface area contributed by atoms with Crippen LogP contribution in [0.4, 0.5) is 11.8 Å². The van der Waals surface area contributed by atoms with Gasteiger partial charge in [-0.05, 0) is 35.3 Å². The van der Waals surface area contributed by atoms with Gasteiger partial charge < -0.3 is 4.90 Å². The lowest BCUT2D eigenvalue weighted by molar-refractivity contribution is 0.133. The van der Waals surface area contributed by atoms with E-state index >= 15 is 0 Å². The summed E-state index contributed by atoms with van der Waals surface area (Å²) in [5.41, 5.74) is 2.51. The summed E-state index contributed by atoms with van der Waals surface area (Å²) in [5, 5.41) is 0. The molecule has 3 rings (SSSR count). The van der Waals surface area contributed by atoms with E-state index in [1.54, 1.807) is 6.20 Å². The van der Waals surface area contributed by atoms with Crippen LogP contribution in [-0.4, -0.2) is 47.1 Å². The van der Waals surface area contributed by atoms with Gasteiger partial charge in [-0.25, -0.2) is 10.8 Å². The summed E-state index contributed by atoms with van der Waals surface area (Å²) in [6, 6.07) is 0.665. The number of piperidine rings is 1. The lowest BCUT2D eigenvalue weighted by atomic mass is 9.99. The molecule has 1 aromatic rings. The summed E-state index contributed by atoms with van der Waals surface area (Å²) in [6.45, 7) is 4.42. The number of rotatable bonds is 2. The molecule has 0 radical (unpaired) electrons. The number of hydrazine groups is 1. The molecule has 1 aromatic heterocycles. The lowest BCUT2D eigenvalue weighted by Crippen LogP contribution is -2.55. The van der Waals surface area contributed by atoms with Crippen molar-refractivity contribution in [3.05, 3.63) is 10.7 Å². The fourth-order valence-electron chi connectivity index (χ4n) is 3.00. The second-order valence-electron chi connectivity index (χ2n) is 5.14. The Morgan fingerprint density at radius 1 is 1.32 bits per heavy atom. The highest BCUT2D eigenvalue weighted by molar-refractivity contribution is 9.10. The van der Waals surface area contributed by atoms with Gasteiger partial charge in [-0.15, -0.1) is 0 Å². The largest absolute Gasteiger partial charge is 0.353 e. The molecular formula is C12H19BrN6. The van der Waals surface area contributed by atoms with Crippen molar-refractivity contribution in [1.29, 1.82) is 0 Å². The van der Waals surface area contributed by atoms with Gasteiger partial charge >= 0.3 is 0 Å². The number of aromatic nitrogens is 2. The molecule has 3 heterocycles. The number of nitrogens with two attached hydrogens (primary N) is 1. The van der Waals surface area contributed by atoms with Crippen molar-refractivity contribution in [1.82, 2.24) is 14.9 Å². The number of nitrogens with one attached hydrogen (secondary N) is 1. The molecule has 2 saturated heterocycles. The second-order valence-corrected chi connectivity index (χ2v) is 6.00. The lowest BCUT2D eigenvalue weighted by Gasteiger charge is -2.44. The molecule has 0 bridgehead atoms. The minimum atomic E-state index is 0.462. The van der Waals surface area contributed by atoms with Gasteiger partial charge in [0.25, 0.3) is 0 Å². The smallest absolute Gasteiger partial charge is 0.239 e. The zero-order valence-electron chi connectivity index (χ0n) is 10.8. The van der Waals surface area contributed by atoms with Crippen LogP contribution in [0, 0.1) is 0 Å². The van der Waals surface area contributed by atoms with Crippen molar-refractivity contribution in [3.63, 3.8) is 0 Å². The fraction of sp³-hybridized carbons (Fsp3) is 0.667. The number of halogens is 1. The molecule has 2 fully saturated rings. The van der Waals surface area contributed by atoms with Crippen LogP contribution < -0.4 is 16.2 Å². The number of hydrogen-bond acceptors (Lipinski definition) is 6. The summed E-state index contributed by atoms with van der Waals surface area (Å²) in [7, 11) is 0. The Morgan fingerprint density at radius 2 is 2.21 bits per heavy atom. The van der Waals surface area contributed by atoms with E-state index in [4.69, 9.17) is 5.84 Å². The third-order valence-electron chi connectivity index (χ3n) is 3.99. The van der Waals surface area contributed by atoms with Crippen LogP contribution >= 0.6 is 15.9 Å². The van der Waals surface area contributed by atoms with E-state index < -0.39 is 0 Å². The Labute approximate surface area is 121 Å². The van der Waals surface area contributed by atoms with Gasteiger partial charge in [0.2, 0.25) is 5.95 Å². The Hall–Kier alpha value is -0.920. The maximum absolute atomic E-state index is 5.39. The van der Waals surface area contributed by atoms with Crippen molar-refractivity contribution in [3.8, 4) is 0 Å². The van der Waals surface area contributed by atoms with Crippen LogP contribution in [0.3, 0.4) is 0 Å². The predicted octanol–water partition coefficient (Wildman–Crippen LogP) is 1.20. The Kier molecular flexibility index (Phi) is 3.86. The normalized spacial score (nSPS) is 24.1. The van der Waals surface area contributed by atoms with E-state index in [2.05, 4.69) is 41.1 Å². The van der Waals surface area contributed by atoms with E-state index in [1.807, 2.05) is 0 Å². The summed E-state index contributed by atoms with van der Waals surface area (Å²) >= 11 is 3.53. The van der Waals surface area contributed by atoms with E-state index in [0.29, 0.717) is 12.0 Å². The van der Waals surface area contributed by atoms with Crippen LogP contribution in [0.5, 0.6) is 0 Å². The molecule has 19 heavy (non-hydrogen) atoms. The first-order chi connectivity index (χ1) is 9.28. The molecule has 104 valence electrons. The third-order valence-corrected chi connectivity index (χ3v) is 4.55. The third kappa shape index (κ3) is 2.68. The van der Waals surface area contributed by atoms with Gasteiger partial charge in [0.05, 0.1) is 4.47 Å².